The lowest BCUT2D eigenvalue weighted by atomic mass is 10.0. The lowest BCUT2D eigenvalue weighted by Gasteiger charge is -2.10. The van der Waals surface area contributed by atoms with Crippen LogP contribution in [0.15, 0.2) is 24.3 Å². The molecule has 1 nitrogen and oxygen atoms in total. The van der Waals surface area contributed by atoms with Gasteiger partial charge in [-0.3, -0.25) is 0 Å². The molecule has 0 amide bonds. The summed E-state index contributed by atoms with van der Waals surface area (Å²) in [5.74, 6) is 3.38. The number of terminal acetylenes is 1. The first-order chi connectivity index (χ1) is 7.81. The minimum Gasteiger partial charge on any atom is -0.388 e. The van der Waals surface area contributed by atoms with Crippen molar-refractivity contribution in [3.05, 3.63) is 35.4 Å². The molecule has 1 aliphatic carbocycles. The zero-order chi connectivity index (χ0) is 11.4. The van der Waals surface area contributed by atoms with Gasteiger partial charge in [0.1, 0.15) is 0 Å². The van der Waals surface area contributed by atoms with E-state index in [2.05, 4.69) is 18.1 Å². The van der Waals surface area contributed by atoms with Crippen LogP contribution < -0.4 is 0 Å². The van der Waals surface area contributed by atoms with Crippen molar-refractivity contribution in [3.63, 3.8) is 0 Å². The Morgan fingerprint density at radius 3 is 2.56 bits per heavy atom. The van der Waals surface area contributed by atoms with Crippen LogP contribution in [0.25, 0.3) is 0 Å². The molecule has 0 radical (unpaired) electrons. The van der Waals surface area contributed by atoms with Crippen LogP contribution in [0.1, 0.15) is 55.3 Å². The topological polar surface area (TPSA) is 20.2 Å². The summed E-state index contributed by atoms with van der Waals surface area (Å²) in [4.78, 5) is 0. The standard InChI is InChI=1S/C15H18O/c1-2-3-4-5-15(16)14-10-8-13(9-11-14)12-6-7-12/h1,8-12,15-16H,3-7H2. The Morgan fingerprint density at radius 2 is 2.00 bits per heavy atom. The maximum absolute atomic E-state index is 9.92. The normalized spacial score (nSPS) is 16.8. The number of aliphatic hydroxyl groups is 1. The Hall–Kier alpha value is -1.26. The zero-order valence-corrected chi connectivity index (χ0v) is 9.52. The average molecular weight is 214 g/mol. The van der Waals surface area contributed by atoms with Crippen molar-refractivity contribution in [2.75, 3.05) is 0 Å². The average Bonchev–Trinajstić information content (AvgIpc) is 3.13. The molecule has 0 bridgehead atoms. The molecule has 1 aliphatic rings. The molecular formula is C15H18O. The molecular weight excluding hydrogens is 196 g/mol. The van der Waals surface area contributed by atoms with E-state index in [0.717, 1.165) is 30.7 Å². The molecule has 0 aromatic heterocycles. The van der Waals surface area contributed by atoms with E-state index >= 15 is 0 Å². The Labute approximate surface area is 97.5 Å². The second-order valence-electron chi connectivity index (χ2n) is 4.55. The first-order valence-corrected chi connectivity index (χ1v) is 6.02. The predicted octanol–water partition coefficient (Wildman–Crippen LogP) is 3.40. The van der Waals surface area contributed by atoms with E-state index in [-0.39, 0.29) is 6.10 Å². The maximum Gasteiger partial charge on any atom is 0.0790 e. The highest BCUT2D eigenvalue weighted by Gasteiger charge is 2.23. The number of unbranched alkanes of at least 4 members (excludes halogenated alkanes) is 1. The van der Waals surface area contributed by atoms with Crippen molar-refractivity contribution >= 4 is 0 Å². The van der Waals surface area contributed by atoms with Crippen LogP contribution in [-0.4, -0.2) is 5.11 Å². The van der Waals surface area contributed by atoms with E-state index in [1.165, 1.54) is 18.4 Å². The van der Waals surface area contributed by atoms with Crippen molar-refractivity contribution in [2.45, 2.75) is 44.1 Å². The van der Waals surface area contributed by atoms with Gasteiger partial charge in [0.25, 0.3) is 0 Å². The van der Waals surface area contributed by atoms with E-state index < -0.39 is 0 Å². The SMILES string of the molecule is C#CCCCC(O)c1ccc(C2CC2)cc1. The van der Waals surface area contributed by atoms with Crippen LogP contribution in [0, 0.1) is 12.3 Å². The van der Waals surface area contributed by atoms with Gasteiger partial charge in [-0.15, -0.1) is 12.3 Å². The first-order valence-electron chi connectivity index (χ1n) is 6.02. The molecule has 0 saturated heterocycles. The van der Waals surface area contributed by atoms with Gasteiger partial charge in [0.05, 0.1) is 6.10 Å². The summed E-state index contributed by atoms with van der Waals surface area (Å²) in [6.45, 7) is 0. The third kappa shape index (κ3) is 2.87. The number of rotatable bonds is 5. The van der Waals surface area contributed by atoms with Crippen LogP contribution in [0.2, 0.25) is 0 Å². The Morgan fingerprint density at radius 1 is 1.31 bits per heavy atom. The minimum atomic E-state index is -0.360. The summed E-state index contributed by atoms with van der Waals surface area (Å²) in [5.41, 5.74) is 2.43. The highest BCUT2D eigenvalue weighted by atomic mass is 16.3. The molecule has 1 fully saturated rings. The van der Waals surface area contributed by atoms with Crippen LogP contribution >= 0.6 is 0 Å². The lowest BCUT2D eigenvalue weighted by molar-refractivity contribution is 0.165. The molecule has 1 aromatic rings. The van der Waals surface area contributed by atoms with E-state index in [1.54, 1.807) is 0 Å². The summed E-state index contributed by atoms with van der Waals surface area (Å²) < 4.78 is 0. The monoisotopic (exact) mass is 214 g/mol. The fourth-order valence-corrected chi connectivity index (χ4v) is 1.97. The van der Waals surface area contributed by atoms with E-state index in [0.29, 0.717) is 0 Å². The van der Waals surface area contributed by atoms with Crippen molar-refractivity contribution in [1.82, 2.24) is 0 Å². The maximum atomic E-state index is 9.92. The van der Waals surface area contributed by atoms with Gasteiger partial charge in [-0.25, -0.2) is 0 Å². The predicted molar refractivity (Wildman–Crippen MR) is 66.1 cm³/mol. The van der Waals surface area contributed by atoms with Crippen LogP contribution in [0.4, 0.5) is 0 Å². The molecule has 1 atom stereocenters. The molecule has 2 rings (SSSR count). The summed E-state index contributed by atoms with van der Waals surface area (Å²) >= 11 is 0. The molecule has 1 heteroatoms. The molecule has 1 N–H and O–H groups in total. The largest absolute Gasteiger partial charge is 0.388 e. The zero-order valence-electron chi connectivity index (χ0n) is 9.52. The summed E-state index contributed by atoms with van der Waals surface area (Å²) in [7, 11) is 0. The van der Waals surface area contributed by atoms with Gasteiger partial charge >= 0.3 is 0 Å². The quantitative estimate of drug-likeness (QED) is 0.588. The van der Waals surface area contributed by atoms with Crippen molar-refractivity contribution in [1.29, 1.82) is 0 Å². The van der Waals surface area contributed by atoms with Gasteiger partial charge in [0.15, 0.2) is 0 Å². The molecule has 0 heterocycles. The minimum absolute atomic E-state index is 0.360. The van der Waals surface area contributed by atoms with E-state index in [1.807, 2.05) is 12.1 Å². The van der Waals surface area contributed by atoms with Gasteiger partial charge in [-0.2, -0.15) is 0 Å². The smallest absolute Gasteiger partial charge is 0.0790 e. The Bertz CT molecular complexity index is 367. The van der Waals surface area contributed by atoms with E-state index in [4.69, 9.17) is 6.42 Å². The van der Waals surface area contributed by atoms with Gasteiger partial charge in [0, 0.05) is 6.42 Å². The molecule has 1 saturated carbocycles. The van der Waals surface area contributed by atoms with Crippen molar-refractivity contribution < 1.29 is 5.11 Å². The van der Waals surface area contributed by atoms with Crippen LogP contribution in [0.5, 0.6) is 0 Å². The van der Waals surface area contributed by atoms with E-state index in [9.17, 15) is 5.11 Å². The third-order valence-electron chi connectivity index (χ3n) is 3.17. The van der Waals surface area contributed by atoms with Gasteiger partial charge < -0.3 is 5.11 Å². The van der Waals surface area contributed by atoms with Crippen LogP contribution in [0.3, 0.4) is 0 Å². The van der Waals surface area contributed by atoms with Gasteiger partial charge in [-0.05, 0) is 42.7 Å². The second kappa shape index (κ2) is 5.18. The Balaban J connectivity index is 1.90. The highest BCUT2D eigenvalue weighted by molar-refractivity contribution is 5.29. The van der Waals surface area contributed by atoms with Gasteiger partial charge in [-0.1, -0.05) is 24.3 Å². The number of hydrogen-bond acceptors (Lipinski definition) is 1. The second-order valence-corrected chi connectivity index (χ2v) is 4.55. The highest BCUT2D eigenvalue weighted by Crippen LogP contribution is 2.40. The fraction of sp³-hybridized carbons (Fsp3) is 0.467. The lowest BCUT2D eigenvalue weighted by Crippen LogP contribution is -1.97. The summed E-state index contributed by atoms with van der Waals surface area (Å²) in [5, 5.41) is 9.92. The Kier molecular flexibility index (Phi) is 3.64. The summed E-state index contributed by atoms with van der Waals surface area (Å²) in [6.07, 6.45) is 9.86. The molecule has 1 unspecified atom stereocenters. The number of hydrogen-bond donors (Lipinski definition) is 1. The number of aliphatic hydroxyl groups excluding tert-OH is 1. The number of benzene rings is 1. The molecule has 16 heavy (non-hydrogen) atoms. The summed E-state index contributed by atoms with van der Waals surface area (Å²) in [6, 6.07) is 8.40. The molecule has 0 spiro atoms. The third-order valence-corrected chi connectivity index (χ3v) is 3.17. The van der Waals surface area contributed by atoms with Gasteiger partial charge in [0.2, 0.25) is 0 Å². The fourth-order valence-electron chi connectivity index (χ4n) is 1.97. The van der Waals surface area contributed by atoms with Crippen LogP contribution in [-0.2, 0) is 0 Å². The van der Waals surface area contributed by atoms with Crippen molar-refractivity contribution in [2.24, 2.45) is 0 Å². The van der Waals surface area contributed by atoms with Crippen molar-refractivity contribution in [3.8, 4) is 12.3 Å². The molecule has 84 valence electrons. The molecule has 0 aliphatic heterocycles. The molecule has 1 aromatic carbocycles. The first kappa shape index (κ1) is 11.2.